The molecule has 4 nitrogen and oxygen atoms in total. The van der Waals surface area contributed by atoms with E-state index in [4.69, 9.17) is 0 Å². The predicted octanol–water partition coefficient (Wildman–Crippen LogP) is 3.55. The van der Waals surface area contributed by atoms with E-state index in [1.165, 1.54) is 18.2 Å². The predicted molar refractivity (Wildman–Crippen MR) is 113 cm³/mol. The number of nitrogens with one attached hydrogen (secondary N) is 2. The first-order valence-corrected chi connectivity index (χ1v) is 8.11. The Bertz CT molecular complexity index is 705. The van der Waals surface area contributed by atoms with E-state index in [-0.39, 0.29) is 41.7 Å². The Morgan fingerprint density at radius 1 is 1.04 bits per heavy atom. The maximum atomic E-state index is 13.7. The third kappa shape index (κ3) is 6.53. The number of halogens is 3. The zero-order valence-corrected chi connectivity index (χ0v) is 17.5. The molecule has 0 aliphatic carbocycles. The summed E-state index contributed by atoms with van der Waals surface area (Å²) in [6.07, 6.45) is 0. The minimum atomic E-state index is -0.253. The van der Waals surface area contributed by atoms with Gasteiger partial charge in [0.2, 0.25) is 0 Å². The summed E-state index contributed by atoms with van der Waals surface area (Å²) in [7, 11) is 5.59. The Morgan fingerprint density at radius 3 is 2.27 bits per heavy atom. The van der Waals surface area contributed by atoms with Crippen LogP contribution in [0.15, 0.2) is 53.5 Å². The molecule has 1 unspecified atom stereocenters. The van der Waals surface area contributed by atoms with Crippen LogP contribution in [0, 0.1) is 11.6 Å². The van der Waals surface area contributed by atoms with Gasteiger partial charge in [-0.15, -0.1) is 24.0 Å². The van der Waals surface area contributed by atoms with E-state index in [0.717, 1.165) is 5.56 Å². The van der Waals surface area contributed by atoms with Crippen molar-refractivity contribution in [1.82, 2.24) is 15.5 Å². The van der Waals surface area contributed by atoms with E-state index >= 15 is 0 Å². The zero-order valence-electron chi connectivity index (χ0n) is 15.2. The van der Waals surface area contributed by atoms with Crippen LogP contribution in [-0.2, 0) is 6.54 Å². The maximum Gasteiger partial charge on any atom is 0.191 e. The van der Waals surface area contributed by atoms with Crippen molar-refractivity contribution in [3.63, 3.8) is 0 Å². The molecular weight excluding hydrogens is 449 g/mol. The highest BCUT2D eigenvalue weighted by atomic mass is 127. The molecule has 0 fully saturated rings. The third-order valence-electron chi connectivity index (χ3n) is 3.97. The van der Waals surface area contributed by atoms with Crippen LogP contribution in [0.2, 0.25) is 0 Å². The number of aliphatic imine (C=N–C) groups is 1. The summed E-state index contributed by atoms with van der Waals surface area (Å²) in [5, 5.41) is 6.34. The average molecular weight is 474 g/mol. The van der Waals surface area contributed by atoms with Gasteiger partial charge >= 0.3 is 0 Å². The lowest BCUT2D eigenvalue weighted by Gasteiger charge is -2.26. The topological polar surface area (TPSA) is 39.7 Å². The lowest BCUT2D eigenvalue weighted by atomic mass is 10.1. The summed E-state index contributed by atoms with van der Waals surface area (Å²) < 4.78 is 26.8. The number of nitrogens with zero attached hydrogens (tertiary/aromatic N) is 2. The van der Waals surface area contributed by atoms with Crippen LogP contribution in [0.1, 0.15) is 17.2 Å². The molecule has 2 N–H and O–H groups in total. The number of guanidine groups is 1. The first-order chi connectivity index (χ1) is 12.0. The zero-order chi connectivity index (χ0) is 18.2. The summed E-state index contributed by atoms with van der Waals surface area (Å²) in [4.78, 5) is 6.21. The maximum absolute atomic E-state index is 13.7. The van der Waals surface area contributed by atoms with Gasteiger partial charge in [0.25, 0.3) is 0 Å². The second kappa shape index (κ2) is 11.1. The molecule has 142 valence electrons. The van der Waals surface area contributed by atoms with Crippen molar-refractivity contribution >= 4 is 29.9 Å². The highest BCUT2D eigenvalue weighted by molar-refractivity contribution is 14.0. The van der Waals surface area contributed by atoms with Crippen LogP contribution in [-0.4, -0.2) is 38.5 Å². The number of benzene rings is 2. The summed E-state index contributed by atoms with van der Waals surface area (Å²) in [5.41, 5.74) is 1.58. The van der Waals surface area contributed by atoms with Crippen LogP contribution in [0.5, 0.6) is 0 Å². The Kier molecular flexibility index (Phi) is 9.50. The van der Waals surface area contributed by atoms with Crippen LogP contribution in [0.4, 0.5) is 8.78 Å². The normalized spacial score (nSPS) is 12.5. The highest BCUT2D eigenvalue weighted by Crippen LogP contribution is 2.17. The lowest BCUT2D eigenvalue weighted by molar-refractivity contribution is 0.298. The molecule has 2 aromatic carbocycles. The lowest BCUT2D eigenvalue weighted by Crippen LogP contribution is -2.41. The van der Waals surface area contributed by atoms with Gasteiger partial charge in [-0.3, -0.25) is 4.99 Å². The van der Waals surface area contributed by atoms with Gasteiger partial charge < -0.3 is 15.5 Å². The molecule has 7 heteroatoms. The van der Waals surface area contributed by atoms with Gasteiger partial charge in [-0.25, -0.2) is 8.78 Å². The van der Waals surface area contributed by atoms with E-state index in [9.17, 15) is 8.78 Å². The molecule has 0 aromatic heterocycles. The van der Waals surface area contributed by atoms with Crippen molar-refractivity contribution in [3.8, 4) is 0 Å². The molecule has 0 bridgehead atoms. The van der Waals surface area contributed by atoms with Crippen LogP contribution >= 0.6 is 24.0 Å². The summed E-state index contributed by atoms with van der Waals surface area (Å²) in [6.45, 7) is 0.922. The molecule has 0 radical (unpaired) electrons. The van der Waals surface area contributed by atoms with Crippen molar-refractivity contribution < 1.29 is 8.78 Å². The number of rotatable bonds is 6. The molecule has 0 aliphatic heterocycles. The molecule has 2 rings (SSSR count). The van der Waals surface area contributed by atoms with Crippen molar-refractivity contribution in [2.75, 3.05) is 27.7 Å². The third-order valence-corrected chi connectivity index (χ3v) is 3.97. The number of hydrogen-bond acceptors (Lipinski definition) is 2. The largest absolute Gasteiger partial charge is 0.354 e. The Labute approximate surface area is 170 Å². The number of likely N-dealkylation sites (N-methyl/N-ethyl adjacent to an activating group) is 1. The molecule has 1 atom stereocenters. The van der Waals surface area contributed by atoms with E-state index in [0.29, 0.717) is 24.6 Å². The molecule has 26 heavy (non-hydrogen) atoms. The molecule has 0 heterocycles. The fraction of sp³-hybridized carbons (Fsp3) is 0.316. The van der Waals surface area contributed by atoms with Crippen molar-refractivity contribution in [3.05, 3.63) is 71.3 Å². The van der Waals surface area contributed by atoms with Crippen LogP contribution in [0.3, 0.4) is 0 Å². The minimum absolute atomic E-state index is 0. The molecule has 0 saturated heterocycles. The Morgan fingerprint density at radius 2 is 1.69 bits per heavy atom. The highest BCUT2D eigenvalue weighted by Gasteiger charge is 2.15. The fourth-order valence-corrected chi connectivity index (χ4v) is 2.52. The monoisotopic (exact) mass is 474 g/mol. The molecular formula is C19H25F2IN4. The molecule has 2 aromatic rings. The van der Waals surface area contributed by atoms with Gasteiger partial charge in [0.1, 0.15) is 11.6 Å². The Balaban J connectivity index is 0.00000338. The van der Waals surface area contributed by atoms with Gasteiger partial charge in [0.05, 0.1) is 6.04 Å². The summed E-state index contributed by atoms with van der Waals surface area (Å²) in [6, 6.07) is 13.1. The van der Waals surface area contributed by atoms with Gasteiger partial charge in [0.15, 0.2) is 5.96 Å². The van der Waals surface area contributed by atoms with E-state index in [2.05, 4.69) is 15.6 Å². The molecule has 0 aliphatic rings. The smallest absolute Gasteiger partial charge is 0.191 e. The molecule has 0 saturated carbocycles. The molecule has 0 spiro atoms. The van der Waals surface area contributed by atoms with E-state index in [1.807, 2.05) is 19.0 Å². The van der Waals surface area contributed by atoms with Crippen LogP contribution < -0.4 is 10.6 Å². The van der Waals surface area contributed by atoms with Crippen LogP contribution in [0.25, 0.3) is 0 Å². The molecule has 0 amide bonds. The standard InChI is InChI=1S/C19H24F2N4.HI/c1-22-19(23-12-15-6-4-5-7-17(15)21)24-13-18(25(2)3)14-8-10-16(20)11-9-14;/h4-11,18H,12-13H2,1-3H3,(H2,22,23,24);1H. The first-order valence-electron chi connectivity index (χ1n) is 8.11. The van der Waals surface area contributed by atoms with E-state index < -0.39 is 0 Å². The summed E-state index contributed by atoms with van der Waals surface area (Å²) in [5.74, 6) is 0.0803. The quantitative estimate of drug-likeness (QED) is 0.382. The average Bonchev–Trinajstić information content (AvgIpc) is 2.60. The number of hydrogen-bond donors (Lipinski definition) is 2. The minimum Gasteiger partial charge on any atom is -0.354 e. The summed E-state index contributed by atoms with van der Waals surface area (Å²) >= 11 is 0. The SMILES string of the molecule is CN=C(NCc1ccccc1F)NCC(c1ccc(F)cc1)N(C)C.I. The van der Waals surface area contributed by atoms with Crippen molar-refractivity contribution in [2.24, 2.45) is 4.99 Å². The van der Waals surface area contributed by atoms with Gasteiger partial charge in [0, 0.05) is 25.7 Å². The first kappa shape index (κ1) is 22.3. The van der Waals surface area contributed by atoms with Crippen molar-refractivity contribution in [2.45, 2.75) is 12.6 Å². The Hall–Kier alpha value is -1.74. The fourth-order valence-electron chi connectivity index (χ4n) is 2.52. The van der Waals surface area contributed by atoms with Crippen molar-refractivity contribution in [1.29, 1.82) is 0 Å². The second-order valence-corrected chi connectivity index (χ2v) is 5.93. The van der Waals surface area contributed by atoms with E-state index in [1.54, 1.807) is 37.4 Å². The van der Waals surface area contributed by atoms with Gasteiger partial charge in [-0.1, -0.05) is 30.3 Å². The second-order valence-electron chi connectivity index (χ2n) is 5.93. The van der Waals surface area contributed by atoms with Gasteiger partial charge in [-0.2, -0.15) is 0 Å². The van der Waals surface area contributed by atoms with Gasteiger partial charge in [-0.05, 0) is 37.9 Å².